The van der Waals surface area contributed by atoms with E-state index in [4.69, 9.17) is 37.1 Å². The Morgan fingerprint density at radius 2 is 1.77 bits per heavy atom. The fraction of sp³-hybridized carbons (Fsp3) is 0.200. The van der Waals surface area contributed by atoms with Gasteiger partial charge in [0, 0.05) is 6.54 Å². The van der Waals surface area contributed by atoms with Gasteiger partial charge in [0.1, 0.15) is 12.4 Å². The maximum absolute atomic E-state index is 6.03. The molecule has 0 saturated heterocycles. The summed E-state index contributed by atoms with van der Waals surface area (Å²) in [6, 6.07) is 15.1. The molecule has 0 aliphatic rings. The molecule has 1 N–H and O–H groups in total. The highest BCUT2D eigenvalue weighted by molar-refractivity contribution is 6.42. The van der Waals surface area contributed by atoms with E-state index in [0.29, 0.717) is 41.2 Å². The first-order valence-corrected chi connectivity index (χ1v) is 8.88. The van der Waals surface area contributed by atoms with Crippen molar-refractivity contribution in [2.75, 3.05) is 7.11 Å². The lowest BCUT2D eigenvalue weighted by Gasteiger charge is -2.13. The zero-order chi connectivity index (χ0) is 18.4. The van der Waals surface area contributed by atoms with Gasteiger partial charge in [-0.15, -0.1) is 0 Å². The van der Waals surface area contributed by atoms with Crippen molar-refractivity contribution in [1.29, 1.82) is 0 Å². The molecule has 0 bridgehead atoms. The van der Waals surface area contributed by atoms with Crippen molar-refractivity contribution in [3.8, 4) is 11.5 Å². The van der Waals surface area contributed by atoms with Crippen molar-refractivity contribution in [3.05, 3.63) is 81.7 Å². The van der Waals surface area contributed by atoms with Gasteiger partial charge in [-0.3, -0.25) is 0 Å². The third-order valence-electron chi connectivity index (χ3n) is 3.81. The SMILES string of the molecule is COc1cc(CNCc2ccco2)ccc1OCc1ccc(Cl)c(Cl)c1. The Balaban J connectivity index is 1.59. The molecule has 136 valence electrons. The van der Waals surface area contributed by atoms with Crippen LogP contribution in [0.25, 0.3) is 0 Å². The Bertz CT molecular complexity index is 850. The summed E-state index contributed by atoms with van der Waals surface area (Å²) < 4.78 is 16.6. The van der Waals surface area contributed by atoms with Gasteiger partial charge in [-0.2, -0.15) is 0 Å². The van der Waals surface area contributed by atoms with Crippen LogP contribution in [0.4, 0.5) is 0 Å². The van der Waals surface area contributed by atoms with E-state index < -0.39 is 0 Å². The van der Waals surface area contributed by atoms with Crippen molar-refractivity contribution < 1.29 is 13.9 Å². The van der Waals surface area contributed by atoms with E-state index in [2.05, 4.69) is 5.32 Å². The molecule has 0 saturated carbocycles. The molecule has 0 amide bonds. The summed E-state index contributed by atoms with van der Waals surface area (Å²) in [5.41, 5.74) is 2.03. The molecule has 4 nitrogen and oxygen atoms in total. The normalized spacial score (nSPS) is 10.7. The molecule has 0 atom stereocenters. The number of hydrogen-bond donors (Lipinski definition) is 1. The number of halogens is 2. The molecule has 0 aliphatic heterocycles. The summed E-state index contributed by atoms with van der Waals surface area (Å²) in [4.78, 5) is 0. The molecule has 3 aromatic rings. The van der Waals surface area contributed by atoms with Gasteiger partial charge >= 0.3 is 0 Å². The summed E-state index contributed by atoms with van der Waals surface area (Å²) >= 11 is 12.0. The molecule has 0 spiro atoms. The fourth-order valence-corrected chi connectivity index (χ4v) is 2.80. The van der Waals surface area contributed by atoms with Crippen molar-refractivity contribution in [1.82, 2.24) is 5.32 Å². The molecule has 3 rings (SSSR count). The molecule has 2 aromatic carbocycles. The average molecular weight is 392 g/mol. The molecule has 0 fully saturated rings. The average Bonchev–Trinajstić information content (AvgIpc) is 3.16. The first-order chi connectivity index (χ1) is 12.7. The molecule has 0 aliphatic carbocycles. The van der Waals surface area contributed by atoms with Gasteiger partial charge in [-0.05, 0) is 47.5 Å². The van der Waals surface area contributed by atoms with Crippen LogP contribution in [0.15, 0.2) is 59.2 Å². The van der Waals surface area contributed by atoms with Crippen LogP contribution in [-0.4, -0.2) is 7.11 Å². The molecule has 1 heterocycles. The van der Waals surface area contributed by atoms with E-state index in [1.165, 1.54) is 0 Å². The van der Waals surface area contributed by atoms with Crippen LogP contribution in [0.1, 0.15) is 16.9 Å². The Labute approximate surface area is 162 Å². The number of methoxy groups -OCH3 is 1. The molecule has 1 aromatic heterocycles. The minimum absolute atomic E-state index is 0.378. The Hall–Kier alpha value is -2.14. The quantitative estimate of drug-likeness (QED) is 0.553. The molecule has 0 radical (unpaired) electrons. The van der Waals surface area contributed by atoms with E-state index in [0.717, 1.165) is 16.9 Å². The highest BCUT2D eigenvalue weighted by atomic mass is 35.5. The minimum atomic E-state index is 0.378. The van der Waals surface area contributed by atoms with Crippen molar-refractivity contribution in [3.63, 3.8) is 0 Å². The highest BCUT2D eigenvalue weighted by Crippen LogP contribution is 2.29. The van der Waals surface area contributed by atoms with Gasteiger partial charge < -0.3 is 19.2 Å². The summed E-state index contributed by atoms with van der Waals surface area (Å²) in [6.45, 7) is 1.75. The van der Waals surface area contributed by atoms with E-state index in [9.17, 15) is 0 Å². The zero-order valence-corrected chi connectivity index (χ0v) is 15.8. The van der Waals surface area contributed by atoms with Gasteiger partial charge in [0.15, 0.2) is 11.5 Å². The lowest BCUT2D eigenvalue weighted by atomic mass is 10.2. The maximum atomic E-state index is 6.03. The van der Waals surface area contributed by atoms with Crippen LogP contribution >= 0.6 is 23.2 Å². The smallest absolute Gasteiger partial charge is 0.161 e. The van der Waals surface area contributed by atoms with Gasteiger partial charge in [0.2, 0.25) is 0 Å². The molecule has 0 unspecified atom stereocenters. The Kier molecular flexibility index (Phi) is 6.45. The van der Waals surface area contributed by atoms with Crippen molar-refractivity contribution in [2.45, 2.75) is 19.7 Å². The van der Waals surface area contributed by atoms with Crippen molar-refractivity contribution >= 4 is 23.2 Å². The van der Waals surface area contributed by atoms with Crippen LogP contribution in [0.2, 0.25) is 10.0 Å². The number of benzene rings is 2. The summed E-state index contributed by atoms with van der Waals surface area (Å²) in [7, 11) is 1.63. The van der Waals surface area contributed by atoms with E-state index in [-0.39, 0.29) is 0 Å². The highest BCUT2D eigenvalue weighted by Gasteiger charge is 2.07. The van der Waals surface area contributed by atoms with Crippen LogP contribution in [0.5, 0.6) is 11.5 Å². The number of nitrogens with one attached hydrogen (secondary N) is 1. The summed E-state index contributed by atoms with van der Waals surface area (Å²) in [5, 5.41) is 4.37. The fourth-order valence-electron chi connectivity index (χ4n) is 2.47. The molecule has 6 heteroatoms. The van der Waals surface area contributed by atoms with Crippen LogP contribution in [-0.2, 0) is 19.7 Å². The summed E-state index contributed by atoms with van der Waals surface area (Å²) in [6.07, 6.45) is 1.67. The first-order valence-electron chi connectivity index (χ1n) is 8.12. The van der Waals surface area contributed by atoms with Gasteiger partial charge in [-0.25, -0.2) is 0 Å². The van der Waals surface area contributed by atoms with Gasteiger partial charge in [0.05, 0.1) is 30.0 Å². The van der Waals surface area contributed by atoms with Crippen molar-refractivity contribution in [2.24, 2.45) is 0 Å². The maximum Gasteiger partial charge on any atom is 0.161 e. The predicted octanol–water partition coefficient (Wildman–Crippen LogP) is 5.46. The first kappa shape index (κ1) is 18.6. The second kappa shape index (κ2) is 8.99. The second-order valence-electron chi connectivity index (χ2n) is 5.71. The molecular formula is C20H19Cl2NO3. The van der Waals surface area contributed by atoms with Gasteiger partial charge in [0.25, 0.3) is 0 Å². The second-order valence-corrected chi connectivity index (χ2v) is 6.52. The van der Waals surface area contributed by atoms with Crippen LogP contribution in [0.3, 0.4) is 0 Å². The minimum Gasteiger partial charge on any atom is -0.493 e. The lowest BCUT2D eigenvalue weighted by Crippen LogP contribution is -2.12. The third-order valence-corrected chi connectivity index (χ3v) is 4.55. The van der Waals surface area contributed by atoms with E-state index in [1.807, 2.05) is 36.4 Å². The third kappa shape index (κ3) is 4.94. The monoisotopic (exact) mass is 391 g/mol. The van der Waals surface area contributed by atoms with E-state index >= 15 is 0 Å². The Morgan fingerprint density at radius 1 is 0.923 bits per heavy atom. The number of ether oxygens (including phenoxy) is 2. The predicted molar refractivity (Wildman–Crippen MR) is 103 cm³/mol. The largest absolute Gasteiger partial charge is 0.493 e. The topological polar surface area (TPSA) is 43.6 Å². The van der Waals surface area contributed by atoms with Crippen LogP contribution in [0, 0.1) is 0 Å². The van der Waals surface area contributed by atoms with E-state index in [1.54, 1.807) is 25.5 Å². The standard InChI is InChI=1S/C20H19Cl2NO3/c1-24-20-10-14(11-23-12-16-3-2-8-25-16)5-7-19(20)26-13-15-4-6-17(21)18(22)9-15/h2-10,23H,11-13H2,1H3. The number of furan rings is 1. The number of hydrogen-bond acceptors (Lipinski definition) is 4. The zero-order valence-electron chi connectivity index (χ0n) is 14.3. The number of rotatable bonds is 8. The summed E-state index contributed by atoms with van der Waals surface area (Å²) in [5.74, 6) is 2.26. The Morgan fingerprint density at radius 3 is 2.50 bits per heavy atom. The molecule has 26 heavy (non-hydrogen) atoms. The lowest BCUT2D eigenvalue weighted by molar-refractivity contribution is 0.284. The van der Waals surface area contributed by atoms with Crippen LogP contribution < -0.4 is 14.8 Å². The van der Waals surface area contributed by atoms with Gasteiger partial charge in [-0.1, -0.05) is 35.3 Å². The molecular weight excluding hydrogens is 373 g/mol.